The summed E-state index contributed by atoms with van der Waals surface area (Å²) in [6.45, 7) is 1.87. The summed E-state index contributed by atoms with van der Waals surface area (Å²) in [6, 6.07) is 12.1. The van der Waals surface area contributed by atoms with Gasteiger partial charge in [-0.2, -0.15) is 9.40 Å². The maximum Gasteiger partial charge on any atom is 0.347 e. The molecule has 5 rings (SSSR count). The van der Waals surface area contributed by atoms with E-state index in [2.05, 4.69) is 5.10 Å². The lowest BCUT2D eigenvalue weighted by Gasteiger charge is -2.33. The highest BCUT2D eigenvalue weighted by Gasteiger charge is 2.29. The first-order valence-corrected chi connectivity index (χ1v) is 11.6. The number of benzene rings is 2. The van der Waals surface area contributed by atoms with Crippen LogP contribution in [0, 0.1) is 10.1 Å². The first-order valence-electron chi connectivity index (χ1n) is 10.2. The molecule has 11 nitrogen and oxygen atoms in total. The molecule has 0 bridgehead atoms. The largest absolute Gasteiger partial charge is 0.422 e. The summed E-state index contributed by atoms with van der Waals surface area (Å²) < 4.78 is 34.2. The first kappa shape index (κ1) is 21.2. The third-order valence-electron chi connectivity index (χ3n) is 5.69. The Bertz CT molecular complexity index is 1520. The molecular formula is C21H19N5O6S. The number of nitro groups is 1. The molecule has 4 aromatic rings. The second-order valence-corrected chi connectivity index (χ2v) is 9.67. The lowest BCUT2D eigenvalue weighted by atomic mass is 10.2. The van der Waals surface area contributed by atoms with Crippen molar-refractivity contribution in [1.29, 1.82) is 0 Å². The van der Waals surface area contributed by atoms with Crippen molar-refractivity contribution in [1.82, 2.24) is 19.0 Å². The van der Waals surface area contributed by atoms with Crippen molar-refractivity contribution < 1.29 is 17.8 Å². The maximum absolute atomic E-state index is 12.9. The Labute approximate surface area is 187 Å². The Morgan fingerprint density at radius 2 is 1.70 bits per heavy atom. The summed E-state index contributed by atoms with van der Waals surface area (Å²) in [4.78, 5) is 24.6. The molecule has 0 amide bonds. The van der Waals surface area contributed by atoms with Gasteiger partial charge in [-0.05, 0) is 24.3 Å². The van der Waals surface area contributed by atoms with Gasteiger partial charge < -0.3 is 4.42 Å². The summed E-state index contributed by atoms with van der Waals surface area (Å²) >= 11 is 0. The van der Waals surface area contributed by atoms with Crippen LogP contribution in [-0.4, -0.2) is 58.5 Å². The van der Waals surface area contributed by atoms with E-state index in [1.807, 2.05) is 17.0 Å². The van der Waals surface area contributed by atoms with Crippen molar-refractivity contribution in [3.05, 3.63) is 75.3 Å². The highest BCUT2D eigenvalue weighted by Crippen LogP contribution is 2.23. The highest BCUT2D eigenvalue weighted by molar-refractivity contribution is 7.89. The van der Waals surface area contributed by atoms with Gasteiger partial charge in [0.25, 0.3) is 5.69 Å². The quantitative estimate of drug-likeness (QED) is 0.246. The minimum absolute atomic E-state index is 0.0264. The van der Waals surface area contributed by atoms with E-state index in [0.717, 1.165) is 5.39 Å². The van der Waals surface area contributed by atoms with Crippen LogP contribution in [0.15, 0.2) is 68.8 Å². The SMILES string of the molecule is O=c1oc2ccccc2c2nn(CN3CCN(S(=O)(=O)c4ccc([N+](=O)[O-])cc4)CC3)cc12. The molecule has 0 N–H and O–H groups in total. The summed E-state index contributed by atoms with van der Waals surface area (Å²) in [7, 11) is -3.74. The lowest BCUT2D eigenvalue weighted by Crippen LogP contribution is -2.48. The number of non-ortho nitro benzene ring substituents is 1. The van der Waals surface area contributed by atoms with Crippen molar-refractivity contribution >= 4 is 37.6 Å². The van der Waals surface area contributed by atoms with Gasteiger partial charge >= 0.3 is 5.63 Å². The van der Waals surface area contributed by atoms with E-state index in [1.165, 1.54) is 28.6 Å². The molecule has 0 saturated carbocycles. The zero-order chi connectivity index (χ0) is 23.2. The molecule has 2 aromatic heterocycles. The fraction of sp³-hybridized carbons (Fsp3) is 0.238. The molecule has 170 valence electrons. The lowest BCUT2D eigenvalue weighted by molar-refractivity contribution is -0.384. The summed E-state index contributed by atoms with van der Waals surface area (Å²) in [5.41, 5.74) is 0.438. The van der Waals surface area contributed by atoms with E-state index < -0.39 is 20.6 Å². The van der Waals surface area contributed by atoms with Gasteiger partial charge in [-0.3, -0.25) is 19.7 Å². The normalized spacial score (nSPS) is 15.9. The second kappa shape index (κ2) is 8.06. The third-order valence-corrected chi connectivity index (χ3v) is 7.60. The number of hydrogen-bond acceptors (Lipinski definition) is 8. The van der Waals surface area contributed by atoms with E-state index >= 15 is 0 Å². The highest BCUT2D eigenvalue weighted by atomic mass is 32.2. The van der Waals surface area contributed by atoms with Crippen molar-refractivity contribution in [3.63, 3.8) is 0 Å². The molecule has 12 heteroatoms. The molecule has 0 atom stereocenters. The van der Waals surface area contributed by atoms with Crippen LogP contribution >= 0.6 is 0 Å². The standard InChI is InChI=1S/C21H19N5O6S/c27-21-18-13-24(22-20(18)17-3-1-2-4-19(17)32-21)14-23-9-11-25(12-10-23)33(30,31)16-7-5-15(6-8-16)26(28)29/h1-8,13H,9-12,14H2. The van der Waals surface area contributed by atoms with Gasteiger partial charge in [0, 0.05) is 49.9 Å². The number of para-hydroxylation sites is 1. The van der Waals surface area contributed by atoms with E-state index in [1.54, 1.807) is 23.0 Å². The summed E-state index contributed by atoms with van der Waals surface area (Å²) in [5.74, 6) is 0. The zero-order valence-electron chi connectivity index (χ0n) is 17.3. The average Bonchev–Trinajstić information content (AvgIpc) is 3.24. The molecule has 0 spiro atoms. The van der Waals surface area contributed by atoms with Gasteiger partial charge in [-0.25, -0.2) is 13.2 Å². The molecule has 3 heterocycles. The fourth-order valence-corrected chi connectivity index (χ4v) is 5.38. The monoisotopic (exact) mass is 469 g/mol. The number of nitro benzene ring substituents is 1. The average molecular weight is 469 g/mol. The minimum atomic E-state index is -3.74. The Hall–Kier alpha value is -3.61. The Morgan fingerprint density at radius 3 is 2.39 bits per heavy atom. The number of piperazine rings is 1. The molecule has 0 radical (unpaired) electrons. The van der Waals surface area contributed by atoms with Crippen LogP contribution in [0.1, 0.15) is 0 Å². The topological polar surface area (TPSA) is 132 Å². The molecule has 1 fully saturated rings. The van der Waals surface area contributed by atoms with Crippen LogP contribution < -0.4 is 5.63 Å². The molecule has 1 aliphatic rings. The molecular weight excluding hydrogens is 450 g/mol. The van der Waals surface area contributed by atoms with E-state index in [0.29, 0.717) is 36.2 Å². The van der Waals surface area contributed by atoms with E-state index in [9.17, 15) is 23.3 Å². The van der Waals surface area contributed by atoms with Crippen molar-refractivity contribution in [2.45, 2.75) is 11.6 Å². The van der Waals surface area contributed by atoms with Gasteiger partial charge in [0.1, 0.15) is 16.5 Å². The molecule has 1 saturated heterocycles. The third kappa shape index (κ3) is 3.88. The van der Waals surface area contributed by atoms with Gasteiger partial charge in [0.05, 0.1) is 16.5 Å². The number of aromatic nitrogens is 2. The van der Waals surface area contributed by atoms with Crippen LogP contribution in [0.3, 0.4) is 0 Å². The molecule has 2 aromatic carbocycles. The van der Waals surface area contributed by atoms with Crippen molar-refractivity contribution in [3.8, 4) is 0 Å². The summed E-state index contributed by atoms with van der Waals surface area (Å²) in [5, 5.41) is 16.5. The van der Waals surface area contributed by atoms with Gasteiger partial charge in [0.15, 0.2) is 0 Å². The Balaban J connectivity index is 1.30. The number of hydrogen-bond donors (Lipinski definition) is 0. The van der Waals surface area contributed by atoms with Crippen LogP contribution in [0.25, 0.3) is 21.9 Å². The van der Waals surface area contributed by atoms with E-state index in [4.69, 9.17) is 4.42 Å². The van der Waals surface area contributed by atoms with Crippen LogP contribution in [0.4, 0.5) is 5.69 Å². The molecule has 0 unspecified atom stereocenters. The number of rotatable bonds is 5. The van der Waals surface area contributed by atoms with E-state index in [-0.39, 0.29) is 23.7 Å². The first-order chi connectivity index (χ1) is 15.8. The van der Waals surface area contributed by atoms with Crippen LogP contribution in [-0.2, 0) is 16.7 Å². The second-order valence-electron chi connectivity index (χ2n) is 7.73. The van der Waals surface area contributed by atoms with Crippen LogP contribution in [0.2, 0.25) is 0 Å². The minimum Gasteiger partial charge on any atom is -0.422 e. The fourth-order valence-electron chi connectivity index (χ4n) is 3.95. The predicted octanol–water partition coefficient (Wildman–Crippen LogP) is 2.01. The maximum atomic E-state index is 12.9. The van der Waals surface area contributed by atoms with Crippen molar-refractivity contribution in [2.24, 2.45) is 0 Å². The number of nitrogens with zero attached hydrogens (tertiary/aromatic N) is 5. The van der Waals surface area contributed by atoms with Crippen molar-refractivity contribution in [2.75, 3.05) is 26.2 Å². The van der Waals surface area contributed by atoms with Gasteiger partial charge in [0.2, 0.25) is 10.0 Å². The predicted molar refractivity (Wildman–Crippen MR) is 119 cm³/mol. The van der Waals surface area contributed by atoms with Crippen LogP contribution in [0.5, 0.6) is 0 Å². The smallest absolute Gasteiger partial charge is 0.347 e. The molecule has 0 aliphatic carbocycles. The molecule has 1 aliphatic heterocycles. The number of sulfonamides is 1. The Kier molecular flexibility index (Phi) is 5.19. The van der Waals surface area contributed by atoms with Gasteiger partial charge in [-0.15, -0.1) is 0 Å². The molecule has 33 heavy (non-hydrogen) atoms. The zero-order valence-corrected chi connectivity index (χ0v) is 18.1. The Morgan fingerprint density at radius 1 is 1.00 bits per heavy atom. The summed E-state index contributed by atoms with van der Waals surface area (Å²) in [6.07, 6.45) is 1.65. The number of fused-ring (bicyclic) bond motifs is 3. The van der Waals surface area contributed by atoms with Gasteiger partial charge in [-0.1, -0.05) is 12.1 Å².